The first-order valence-corrected chi connectivity index (χ1v) is 12.7. The Morgan fingerprint density at radius 2 is 1.91 bits per heavy atom. The number of hydrogen-bond donors (Lipinski definition) is 0. The van der Waals surface area contributed by atoms with Gasteiger partial charge in [-0.1, -0.05) is 42.8 Å². The van der Waals surface area contributed by atoms with E-state index in [9.17, 15) is 9.59 Å². The number of carbonyl (C=O) groups excluding carboxylic acids is 2. The van der Waals surface area contributed by atoms with Crippen LogP contribution in [0.3, 0.4) is 0 Å². The fourth-order valence-corrected chi connectivity index (χ4v) is 8.17. The van der Waals surface area contributed by atoms with Crippen molar-refractivity contribution in [1.82, 2.24) is 15.0 Å². The van der Waals surface area contributed by atoms with Crippen molar-refractivity contribution in [2.24, 2.45) is 28.6 Å². The lowest BCUT2D eigenvalue weighted by Crippen LogP contribution is -2.50. The van der Waals surface area contributed by atoms with Crippen molar-refractivity contribution in [3.63, 3.8) is 0 Å². The maximum absolute atomic E-state index is 12.3. The monoisotopic (exact) mass is 459 g/mol. The lowest BCUT2D eigenvalue weighted by atomic mass is 9.47. The van der Waals surface area contributed by atoms with Crippen molar-refractivity contribution in [2.75, 3.05) is 0 Å². The summed E-state index contributed by atoms with van der Waals surface area (Å²) in [6.45, 7) is 6.31. The third kappa shape index (κ3) is 2.99. The number of esters is 1. The average Bonchev–Trinajstić information content (AvgIpc) is 3.36. The molecular weight excluding hydrogens is 426 g/mol. The van der Waals surface area contributed by atoms with Crippen LogP contribution in [0.5, 0.6) is 0 Å². The van der Waals surface area contributed by atoms with Gasteiger partial charge >= 0.3 is 5.97 Å². The number of aromatic nitrogens is 3. The van der Waals surface area contributed by atoms with Crippen molar-refractivity contribution in [3.8, 4) is 0 Å². The first-order valence-electron chi connectivity index (χ1n) is 12.7. The molecule has 34 heavy (non-hydrogen) atoms. The van der Waals surface area contributed by atoms with Crippen molar-refractivity contribution in [1.29, 1.82) is 0 Å². The van der Waals surface area contributed by atoms with Crippen LogP contribution in [-0.4, -0.2) is 33.4 Å². The zero-order valence-corrected chi connectivity index (χ0v) is 20.3. The summed E-state index contributed by atoms with van der Waals surface area (Å²) in [6, 6.07) is 8.01. The second-order valence-electron chi connectivity index (χ2n) is 11.4. The number of benzene rings is 1. The second kappa shape index (κ2) is 7.62. The summed E-state index contributed by atoms with van der Waals surface area (Å²) in [5, 5.41) is 8.92. The van der Waals surface area contributed by atoms with E-state index < -0.39 is 0 Å². The van der Waals surface area contributed by atoms with E-state index in [1.54, 1.807) is 0 Å². The molecule has 6 heteroatoms. The first-order chi connectivity index (χ1) is 16.3. The molecule has 4 aliphatic carbocycles. The lowest BCUT2D eigenvalue weighted by Gasteiger charge is -2.57. The molecule has 6 nitrogen and oxygen atoms in total. The van der Waals surface area contributed by atoms with Gasteiger partial charge in [0.05, 0.1) is 11.2 Å². The van der Waals surface area contributed by atoms with Crippen LogP contribution in [0.4, 0.5) is 0 Å². The van der Waals surface area contributed by atoms with Gasteiger partial charge in [0.2, 0.25) is 0 Å². The van der Waals surface area contributed by atoms with Crippen LogP contribution in [0, 0.1) is 28.6 Å². The molecule has 4 aliphatic rings. The number of hydrogen-bond acceptors (Lipinski definition) is 5. The van der Waals surface area contributed by atoms with Gasteiger partial charge in [-0.3, -0.25) is 9.59 Å². The van der Waals surface area contributed by atoms with E-state index in [-0.39, 0.29) is 22.9 Å². The minimum absolute atomic E-state index is 0.0178. The Hall–Kier alpha value is -2.76. The molecule has 2 aromatic rings. The van der Waals surface area contributed by atoms with Gasteiger partial charge in [-0.05, 0) is 73.8 Å². The van der Waals surface area contributed by atoms with E-state index in [0.717, 1.165) is 73.5 Å². The minimum Gasteiger partial charge on any atom is -0.462 e. The Balaban J connectivity index is 1.35. The van der Waals surface area contributed by atoms with Gasteiger partial charge in [0.15, 0.2) is 0 Å². The van der Waals surface area contributed by atoms with E-state index in [2.05, 4.69) is 30.2 Å². The molecule has 0 saturated heterocycles. The Bertz CT molecular complexity index is 1240. The van der Waals surface area contributed by atoms with Crippen LogP contribution < -0.4 is 0 Å². The van der Waals surface area contributed by atoms with E-state index >= 15 is 0 Å². The molecule has 1 aromatic heterocycles. The van der Waals surface area contributed by atoms with Crippen LogP contribution in [-0.2, 0) is 14.3 Å². The molecule has 0 amide bonds. The van der Waals surface area contributed by atoms with Gasteiger partial charge in [-0.15, -0.1) is 5.10 Å². The zero-order chi connectivity index (χ0) is 23.7. The maximum Gasteiger partial charge on any atom is 0.302 e. The summed E-state index contributed by atoms with van der Waals surface area (Å²) in [7, 11) is 0. The molecule has 178 valence electrons. The maximum atomic E-state index is 12.3. The summed E-state index contributed by atoms with van der Waals surface area (Å²) < 4.78 is 7.54. The average molecular weight is 460 g/mol. The summed E-state index contributed by atoms with van der Waals surface area (Å²) in [6.07, 6.45) is 10.5. The highest BCUT2D eigenvalue weighted by molar-refractivity contribution is 5.89. The molecule has 0 spiro atoms. The number of para-hydroxylation sites is 1. The molecule has 6 rings (SSSR count). The molecule has 0 aliphatic heterocycles. The highest BCUT2D eigenvalue weighted by Crippen LogP contribution is 2.66. The second-order valence-corrected chi connectivity index (χ2v) is 11.4. The molecule has 1 aromatic carbocycles. The van der Waals surface area contributed by atoms with Crippen molar-refractivity contribution in [2.45, 2.75) is 71.8 Å². The molecule has 1 heterocycles. The fourth-order valence-electron chi connectivity index (χ4n) is 8.17. The van der Waals surface area contributed by atoms with Crippen LogP contribution in [0.2, 0.25) is 0 Å². The molecule has 2 fully saturated rings. The normalized spacial score (nSPS) is 37.0. The summed E-state index contributed by atoms with van der Waals surface area (Å²) in [5.41, 5.74) is 5.35. The van der Waals surface area contributed by atoms with Crippen molar-refractivity contribution >= 4 is 29.0 Å². The van der Waals surface area contributed by atoms with Crippen molar-refractivity contribution in [3.05, 3.63) is 41.5 Å². The Kier molecular flexibility index (Phi) is 4.88. The summed E-state index contributed by atoms with van der Waals surface area (Å²) in [4.78, 5) is 23.9. The van der Waals surface area contributed by atoms with Crippen LogP contribution >= 0.6 is 0 Å². The van der Waals surface area contributed by atoms with E-state index in [0.29, 0.717) is 17.8 Å². The summed E-state index contributed by atoms with van der Waals surface area (Å²) >= 11 is 0. The molecule has 0 N–H and O–H groups in total. The van der Waals surface area contributed by atoms with Gasteiger partial charge < -0.3 is 4.74 Å². The van der Waals surface area contributed by atoms with Crippen molar-refractivity contribution < 1.29 is 14.3 Å². The highest BCUT2D eigenvalue weighted by Gasteiger charge is 2.59. The predicted molar refractivity (Wildman–Crippen MR) is 129 cm³/mol. The third-order valence-corrected chi connectivity index (χ3v) is 9.77. The molecule has 2 saturated carbocycles. The Morgan fingerprint density at radius 1 is 1.12 bits per heavy atom. The van der Waals surface area contributed by atoms with E-state index in [1.165, 1.54) is 12.5 Å². The van der Waals surface area contributed by atoms with Crippen LogP contribution in [0.1, 0.15) is 65.7 Å². The molecule has 6 atom stereocenters. The topological polar surface area (TPSA) is 74.1 Å². The molecule has 0 bridgehead atoms. The Morgan fingerprint density at radius 3 is 2.71 bits per heavy atom. The van der Waals surface area contributed by atoms with Crippen LogP contribution in [0.25, 0.3) is 16.7 Å². The lowest BCUT2D eigenvalue weighted by molar-refractivity contribution is -0.148. The first kappa shape index (κ1) is 21.8. The van der Waals surface area contributed by atoms with Gasteiger partial charge in [0.25, 0.3) is 0 Å². The van der Waals surface area contributed by atoms with Gasteiger partial charge in [0, 0.05) is 24.3 Å². The SMILES string of the molecule is CC(=O)O[C@H]1CC[C@@]2(C)C(=CCC3C2CC[C@]2(C)C(n4nnc5ccccc54)=C(C=O)CC32)C1. The zero-order valence-electron chi connectivity index (χ0n) is 20.3. The quantitative estimate of drug-likeness (QED) is 0.352. The standard InChI is InChI=1S/C28H33N3O3/c1-17(33)34-20-10-12-27(2)19(15-20)8-9-21-22(27)11-13-28(3)23(21)14-18(16-32)26(28)31-25-7-5-4-6-24(25)29-30-31/h4-8,16,20-23H,9-15H2,1-3H3/t20-,21?,22?,23?,27-,28-/m0/s1. The van der Waals surface area contributed by atoms with Gasteiger partial charge in [-0.25, -0.2) is 4.68 Å². The van der Waals surface area contributed by atoms with Crippen LogP contribution in [0.15, 0.2) is 41.5 Å². The number of ether oxygens (including phenoxy) is 1. The molecular formula is C28H33N3O3. The highest BCUT2D eigenvalue weighted by atomic mass is 16.5. The molecule has 0 radical (unpaired) electrons. The number of allylic oxidation sites excluding steroid dienone is 3. The largest absolute Gasteiger partial charge is 0.462 e. The molecule has 3 unspecified atom stereocenters. The Labute approximate surface area is 200 Å². The smallest absolute Gasteiger partial charge is 0.302 e. The number of fused-ring (bicyclic) bond motifs is 6. The van der Waals surface area contributed by atoms with Gasteiger partial charge in [-0.2, -0.15) is 0 Å². The fraction of sp³-hybridized carbons (Fsp3) is 0.571. The number of carbonyl (C=O) groups is 2. The number of nitrogens with zero attached hydrogens (tertiary/aromatic N) is 3. The van der Waals surface area contributed by atoms with Gasteiger partial charge in [0.1, 0.15) is 17.9 Å². The minimum atomic E-state index is -0.178. The predicted octanol–water partition coefficient (Wildman–Crippen LogP) is 5.35. The number of aldehydes is 1. The third-order valence-electron chi connectivity index (χ3n) is 9.77. The van der Waals surface area contributed by atoms with E-state index in [1.807, 2.05) is 28.9 Å². The summed E-state index contributed by atoms with van der Waals surface area (Å²) in [5.74, 6) is 1.39. The number of rotatable bonds is 3. The van der Waals surface area contributed by atoms with E-state index in [4.69, 9.17) is 4.74 Å².